The van der Waals surface area contributed by atoms with E-state index in [2.05, 4.69) is 44.3 Å². The average molecular weight is 229 g/mol. The van der Waals surface area contributed by atoms with Crippen LogP contribution in [0.15, 0.2) is 41.0 Å². The van der Waals surface area contributed by atoms with Gasteiger partial charge in [0, 0.05) is 6.54 Å². The zero-order chi connectivity index (χ0) is 12.3. The van der Waals surface area contributed by atoms with Gasteiger partial charge in [0.05, 0.1) is 12.3 Å². The molecule has 1 aromatic heterocycles. The normalized spacial score (nSPS) is 12.6. The minimum Gasteiger partial charge on any atom is -0.468 e. The van der Waals surface area contributed by atoms with E-state index in [0.717, 1.165) is 12.3 Å². The van der Waals surface area contributed by atoms with Crippen LogP contribution in [0.2, 0.25) is 0 Å². The third kappa shape index (κ3) is 2.98. The molecule has 0 saturated heterocycles. The topological polar surface area (TPSA) is 25.2 Å². The minimum atomic E-state index is 0.241. The summed E-state index contributed by atoms with van der Waals surface area (Å²) in [7, 11) is 0. The van der Waals surface area contributed by atoms with Crippen LogP contribution >= 0.6 is 0 Å². The summed E-state index contributed by atoms with van der Waals surface area (Å²) in [5.41, 5.74) is 3.98. The molecule has 2 aromatic rings. The highest BCUT2D eigenvalue weighted by atomic mass is 16.3. The zero-order valence-electron chi connectivity index (χ0n) is 10.7. The molecule has 0 aliphatic heterocycles. The molecule has 0 aliphatic carbocycles. The molecule has 0 spiro atoms. The number of furan rings is 1. The largest absolute Gasteiger partial charge is 0.468 e. The van der Waals surface area contributed by atoms with Crippen LogP contribution in [0.25, 0.3) is 0 Å². The van der Waals surface area contributed by atoms with Crippen molar-refractivity contribution in [3.63, 3.8) is 0 Å². The van der Waals surface area contributed by atoms with Gasteiger partial charge in [0.1, 0.15) is 5.76 Å². The molecule has 1 N–H and O–H groups in total. The van der Waals surface area contributed by atoms with Crippen molar-refractivity contribution in [2.45, 2.75) is 33.4 Å². The lowest BCUT2D eigenvalue weighted by Crippen LogP contribution is -2.18. The number of aryl methyl sites for hydroxylation is 2. The van der Waals surface area contributed by atoms with Crippen molar-refractivity contribution in [3.8, 4) is 0 Å². The summed E-state index contributed by atoms with van der Waals surface area (Å²) in [6.45, 7) is 7.26. The van der Waals surface area contributed by atoms with E-state index in [-0.39, 0.29) is 6.04 Å². The monoisotopic (exact) mass is 229 g/mol. The van der Waals surface area contributed by atoms with Gasteiger partial charge < -0.3 is 9.73 Å². The Balaban J connectivity index is 2.00. The van der Waals surface area contributed by atoms with E-state index in [1.54, 1.807) is 6.26 Å². The van der Waals surface area contributed by atoms with Crippen molar-refractivity contribution in [1.29, 1.82) is 0 Å². The molecular weight excluding hydrogens is 210 g/mol. The molecule has 0 aliphatic rings. The molecule has 0 radical (unpaired) electrons. The van der Waals surface area contributed by atoms with Gasteiger partial charge in [0.25, 0.3) is 0 Å². The molecule has 1 heterocycles. The van der Waals surface area contributed by atoms with Crippen LogP contribution in [0, 0.1) is 13.8 Å². The fourth-order valence-corrected chi connectivity index (χ4v) is 1.89. The van der Waals surface area contributed by atoms with Crippen LogP contribution in [-0.4, -0.2) is 0 Å². The summed E-state index contributed by atoms with van der Waals surface area (Å²) >= 11 is 0. The molecule has 17 heavy (non-hydrogen) atoms. The van der Waals surface area contributed by atoms with E-state index in [0.29, 0.717) is 0 Å². The summed E-state index contributed by atoms with van der Waals surface area (Å²) in [5.74, 6) is 0.982. The van der Waals surface area contributed by atoms with Crippen molar-refractivity contribution in [2.75, 3.05) is 0 Å². The number of benzene rings is 1. The molecule has 0 amide bonds. The smallest absolute Gasteiger partial charge is 0.120 e. The van der Waals surface area contributed by atoms with Crippen LogP contribution in [0.1, 0.15) is 35.4 Å². The van der Waals surface area contributed by atoms with Crippen molar-refractivity contribution in [1.82, 2.24) is 5.32 Å². The van der Waals surface area contributed by atoms with Gasteiger partial charge in [-0.3, -0.25) is 0 Å². The van der Waals surface area contributed by atoms with E-state index in [1.807, 2.05) is 12.1 Å². The third-order valence-corrected chi connectivity index (χ3v) is 3.07. The van der Waals surface area contributed by atoms with Gasteiger partial charge in [-0.05, 0) is 44.0 Å². The quantitative estimate of drug-likeness (QED) is 0.863. The molecule has 0 unspecified atom stereocenters. The van der Waals surface area contributed by atoms with E-state index < -0.39 is 0 Å². The van der Waals surface area contributed by atoms with Gasteiger partial charge in [-0.1, -0.05) is 23.8 Å². The lowest BCUT2D eigenvalue weighted by molar-refractivity contribution is 0.430. The van der Waals surface area contributed by atoms with Gasteiger partial charge >= 0.3 is 0 Å². The number of hydrogen-bond acceptors (Lipinski definition) is 2. The maximum absolute atomic E-state index is 5.38. The van der Waals surface area contributed by atoms with E-state index >= 15 is 0 Å². The standard InChI is InChI=1S/C15H19NO/c1-11-6-7-12(2)14(9-11)10-16-13(3)15-5-4-8-17-15/h4-9,13,16H,10H2,1-3H3/t13-/m0/s1. The molecule has 2 rings (SSSR count). The summed E-state index contributed by atoms with van der Waals surface area (Å²) in [4.78, 5) is 0. The van der Waals surface area contributed by atoms with E-state index in [9.17, 15) is 0 Å². The number of rotatable bonds is 4. The SMILES string of the molecule is Cc1ccc(C)c(CN[C@@H](C)c2ccco2)c1. The van der Waals surface area contributed by atoms with Crippen LogP contribution < -0.4 is 5.32 Å². The Bertz CT molecular complexity index is 474. The first-order chi connectivity index (χ1) is 8.16. The third-order valence-electron chi connectivity index (χ3n) is 3.07. The van der Waals surface area contributed by atoms with Crippen LogP contribution in [-0.2, 0) is 6.54 Å². The summed E-state index contributed by atoms with van der Waals surface area (Å²) < 4.78 is 5.38. The zero-order valence-corrected chi connectivity index (χ0v) is 10.7. The van der Waals surface area contributed by atoms with Gasteiger partial charge in [0.2, 0.25) is 0 Å². The van der Waals surface area contributed by atoms with Crippen molar-refractivity contribution in [2.24, 2.45) is 0 Å². The van der Waals surface area contributed by atoms with Gasteiger partial charge in [-0.2, -0.15) is 0 Å². The number of nitrogens with one attached hydrogen (secondary N) is 1. The Morgan fingerprint density at radius 2 is 2.06 bits per heavy atom. The Morgan fingerprint density at radius 3 is 2.76 bits per heavy atom. The summed E-state index contributed by atoms with van der Waals surface area (Å²) in [6.07, 6.45) is 1.71. The first kappa shape index (κ1) is 11.9. The van der Waals surface area contributed by atoms with E-state index in [4.69, 9.17) is 4.42 Å². The predicted octanol–water partition coefficient (Wildman–Crippen LogP) is 3.75. The second-order valence-electron chi connectivity index (χ2n) is 4.55. The van der Waals surface area contributed by atoms with Crippen LogP contribution in [0.3, 0.4) is 0 Å². The Hall–Kier alpha value is -1.54. The molecule has 0 saturated carbocycles. The first-order valence-electron chi connectivity index (χ1n) is 6.00. The molecule has 1 atom stereocenters. The molecule has 0 fully saturated rings. The lowest BCUT2D eigenvalue weighted by Gasteiger charge is -2.13. The summed E-state index contributed by atoms with van der Waals surface area (Å²) in [6, 6.07) is 10.7. The maximum Gasteiger partial charge on any atom is 0.120 e. The molecule has 90 valence electrons. The highest BCUT2D eigenvalue weighted by molar-refractivity contribution is 5.30. The summed E-state index contributed by atoms with van der Waals surface area (Å²) in [5, 5.41) is 3.48. The Kier molecular flexibility index (Phi) is 3.64. The predicted molar refractivity (Wildman–Crippen MR) is 69.9 cm³/mol. The van der Waals surface area contributed by atoms with Gasteiger partial charge in [0.15, 0.2) is 0 Å². The molecular formula is C15H19NO. The minimum absolute atomic E-state index is 0.241. The highest BCUT2D eigenvalue weighted by Crippen LogP contribution is 2.15. The average Bonchev–Trinajstić information content (AvgIpc) is 2.83. The molecule has 1 aromatic carbocycles. The Labute approximate surface area is 103 Å². The van der Waals surface area contributed by atoms with Crippen LogP contribution in [0.5, 0.6) is 0 Å². The molecule has 2 nitrogen and oxygen atoms in total. The molecule has 2 heteroatoms. The van der Waals surface area contributed by atoms with Crippen LogP contribution in [0.4, 0.5) is 0 Å². The fraction of sp³-hybridized carbons (Fsp3) is 0.333. The van der Waals surface area contributed by atoms with Crippen molar-refractivity contribution >= 4 is 0 Å². The fourth-order valence-electron chi connectivity index (χ4n) is 1.89. The second kappa shape index (κ2) is 5.19. The number of hydrogen-bond donors (Lipinski definition) is 1. The maximum atomic E-state index is 5.38. The van der Waals surface area contributed by atoms with Gasteiger partial charge in [-0.25, -0.2) is 0 Å². The van der Waals surface area contributed by atoms with E-state index in [1.165, 1.54) is 16.7 Å². The highest BCUT2D eigenvalue weighted by Gasteiger charge is 2.07. The molecule has 0 bridgehead atoms. The Morgan fingerprint density at radius 1 is 1.24 bits per heavy atom. The van der Waals surface area contributed by atoms with Gasteiger partial charge in [-0.15, -0.1) is 0 Å². The first-order valence-corrected chi connectivity index (χ1v) is 6.00. The van der Waals surface area contributed by atoms with Crippen molar-refractivity contribution < 1.29 is 4.42 Å². The second-order valence-corrected chi connectivity index (χ2v) is 4.55. The van der Waals surface area contributed by atoms with Crippen molar-refractivity contribution in [3.05, 3.63) is 59.0 Å². The lowest BCUT2D eigenvalue weighted by atomic mass is 10.1.